The third kappa shape index (κ3) is 5.15. The number of hydrogen-bond acceptors (Lipinski definition) is 5. The Morgan fingerprint density at radius 2 is 1.73 bits per heavy atom. The van der Waals surface area contributed by atoms with Crippen molar-refractivity contribution in [3.63, 3.8) is 0 Å². The van der Waals surface area contributed by atoms with E-state index in [2.05, 4.69) is 9.47 Å². The SMILES string of the molecule is CCCOC(=O)C(=O)C(=O)OC(C)CC. The van der Waals surface area contributed by atoms with Gasteiger partial charge in [0, 0.05) is 0 Å². The number of rotatable bonds is 6. The molecule has 0 bridgehead atoms. The molecule has 0 amide bonds. The van der Waals surface area contributed by atoms with Crippen LogP contribution in [0.1, 0.15) is 33.6 Å². The minimum atomic E-state index is -1.25. The standard InChI is InChI=1S/C10H16O5/c1-4-6-14-9(12)8(11)10(13)15-7(3)5-2/h7H,4-6H2,1-3H3. The third-order valence-corrected chi connectivity index (χ3v) is 1.69. The molecule has 0 saturated carbocycles. The lowest BCUT2D eigenvalue weighted by molar-refractivity contribution is -0.166. The molecule has 86 valence electrons. The van der Waals surface area contributed by atoms with Gasteiger partial charge in [0.1, 0.15) is 0 Å². The first kappa shape index (κ1) is 13.6. The number of ketones is 1. The molecular weight excluding hydrogens is 200 g/mol. The van der Waals surface area contributed by atoms with Gasteiger partial charge in [-0.25, -0.2) is 9.59 Å². The maximum atomic E-state index is 11.1. The smallest absolute Gasteiger partial charge is 0.387 e. The largest absolute Gasteiger partial charge is 0.460 e. The molecule has 0 radical (unpaired) electrons. The summed E-state index contributed by atoms with van der Waals surface area (Å²) in [6.45, 7) is 5.36. The van der Waals surface area contributed by atoms with Crippen molar-refractivity contribution in [2.45, 2.75) is 39.7 Å². The first-order valence-corrected chi connectivity index (χ1v) is 4.94. The molecule has 0 aromatic rings. The van der Waals surface area contributed by atoms with Gasteiger partial charge in [-0.3, -0.25) is 4.79 Å². The van der Waals surface area contributed by atoms with Crippen LogP contribution in [0.2, 0.25) is 0 Å². The van der Waals surface area contributed by atoms with Gasteiger partial charge < -0.3 is 9.47 Å². The van der Waals surface area contributed by atoms with Gasteiger partial charge in [0.2, 0.25) is 0 Å². The second kappa shape index (κ2) is 6.98. The lowest BCUT2D eigenvalue weighted by Crippen LogP contribution is -2.30. The highest BCUT2D eigenvalue weighted by Gasteiger charge is 2.27. The van der Waals surface area contributed by atoms with E-state index in [-0.39, 0.29) is 12.7 Å². The lowest BCUT2D eigenvalue weighted by atomic mass is 10.3. The van der Waals surface area contributed by atoms with E-state index in [9.17, 15) is 14.4 Å². The van der Waals surface area contributed by atoms with Gasteiger partial charge in [-0.15, -0.1) is 0 Å². The van der Waals surface area contributed by atoms with E-state index in [1.807, 2.05) is 0 Å². The van der Waals surface area contributed by atoms with E-state index >= 15 is 0 Å². The predicted molar refractivity (Wildman–Crippen MR) is 52.1 cm³/mol. The summed E-state index contributed by atoms with van der Waals surface area (Å²) in [4.78, 5) is 33.0. The molecule has 15 heavy (non-hydrogen) atoms. The fourth-order valence-electron chi connectivity index (χ4n) is 0.663. The van der Waals surface area contributed by atoms with Crippen LogP contribution in [0.5, 0.6) is 0 Å². The summed E-state index contributed by atoms with van der Waals surface area (Å²) in [6.07, 6.45) is 0.808. The normalized spacial score (nSPS) is 11.7. The maximum Gasteiger partial charge on any atom is 0.387 e. The molecule has 1 atom stereocenters. The monoisotopic (exact) mass is 216 g/mol. The van der Waals surface area contributed by atoms with Crippen LogP contribution in [0.4, 0.5) is 0 Å². The Morgan fingerprint density at radius 3 is 2.20 bits per heavy atom. The summed E-state index contributed by atoms with van der Waals surface area (Å²) in [6, 6.07) is 0. The molecule has 0 N–H and O–H groups in total. The molecule has 0 aliphatic heterocycles. The zero-order valence-corrected chi connectivity index (χ0v) is 9.24. The Bertz CT molecular complexity index is 246. The van der Waals surface area contributed by atoms with Gasteiger partial charge >= 0.3 is 17.7 Å². The average Bonchev–Trinajstić information content (AvgIpc) is 2.24. The molecule has 0 saturated heterocycles. The summed E-state index contributed by atoms with van der Waals surface area (Å²) >= 11 is 0. The summed E-state index contributed by atoms with van der Waals surface area (Å²) in [5.74, 6) is -3.54. The Balaban J connectivity index is 4.08. The number of esters is 2. The van der Waals surface area contributed by atoms with E-state index < -0.39 is 17.7 Å². The van der Waals surface area contributed by atoms with Crippen LogP contribution < -0.4 is 0 Å². The first-order chi connectivity index (χ1) is 7.02. The van der Waals surface area contributed by atoms with Crippen molar-refractivity contribution in [1.29, 1.82) is 0 Å². The van der Waals surface area contributed by atoms with E-state index in [1.54, 1.807) is 20.8 Å². The third-order valence-electron chi connectivity index (χ3n) is 1.69. The lowest BCUT2D eigenvalue weighted by Gasteiger charge is -2.09. The topological polar surface area (TPSA) is 69.7 Å². The zero-order chi connectivity index (χ0) is 11.8. The Hall–Kier alpha value is -1.39. The number of Topliss-reactive ketones (excluding diaryl/α,β-unsaturated/α-hetero) is 1. The van der Waals surface area contributed by atoms with Crippen LogP contribution in [-0.2, 0) is 23.9 Å². The molecule has 0 aromatic carbocycles. The molecule has 0 heterocycles. The molecule has 0 fully saturated rings. The quantitative estimate of drug-likeness (QED) is 0.374. The number of carbonyl (C=O) groups is 3. The van der Waals surface area contributed by atoms with Crippen molar-refractivity contribution in [2.24, 2.45) is 0 Å². The number of ether oxygens (including phenoxy) is 2. The molecule has 1 unspecified atom stereocenters. The highest BCUT2D eigenvalue weighted by molar-refractivity contribution is 6.60. The summed E-state index contributed by atoms with van der Waals surface area (Å²) in [5, 5.41) is 0. The van der Waals surface area contributed by atoms with Crippen molar-refractivity contribution >= 4 is 17.7 Å². The van der Waals surface area contributed by atoms with Crippen molar-refractivity contribution in [1.82, 2.24) is 0 Å². The van der Waals surface area contributed by atoms with Crippen molar-refractivity contribution in [3.8, 4) is 0 Å². The molecule has 0 aliphatic carbocycles. The molecule has 0 rings (SSSR count). The second-order valence-electron chi connectivity index (χ2n) is 3.09. The summed E-state index contributed by atoms with van der Waals surface area (Å²) in [7, 11) is 0. The molecular formula is C10H16O5. The highest BCUT2D eigenvalue weighted by Crippen LogP contribution is 1.98. The minimum Gasteiger partial charge on any atom is -0.460 e. The van der Waals surface area contributed by atoms with Gasteiger partial charge in [0.25, 0.3) is 0 Å². The maximum absolute atomic E-state index is 11.1. The molecule has 0 spiro atoms. The molecule has 0 aliphatic rings. The van der Waals surface area contributed by atoms with Crippen molar-refractivity contribution < 1.29 is 23.9 Å². The van der Waals surface area contributed by atoms with E-state index in [4.69, 9.17) is 0 Å². The van der Waals surface area contributed by atoms with Gasteiger partial charge in [-0.1, -0.05) is 13.8 Å². The van der Waals surface area contributed by atoms with E-state index in [1.165, 1.54) is 0 Å². The Labute approximate surface area is 88.7 Å². The Morgan fingerprint density at radius 1 is 1.13 bits per heavy atom. The van der Waals surface area contributed by atoms with Gasteiger partial charge in [-0.05, 0) is 19.8 Å². The second-order valence-corrected chi connectivity index (χ2v) is 3.09. The van der Waals surface area contributed by atoms with Crippen LogP contribution >= 0.6 is 0 Å². The van der Waals surface area contributed by atoms with E-state index in [0.29, 0.717) is 12.8 Å². The van der Waals surface area contributed by atoms with Crippen LogP contribution in [0, 0.1) is 0 Å². The molecule has 5 heteroatoms. The van der Waals surface area contributed by atoms with Crippen LogP contribution in [0.3, 0.4) is 0 Å². The summed E-state index contributed by atoms with van der Waals surface area (Å²) in [5.41, 5.74) is 0. The first-order valence-electron chi connectivity index (χ1n) is 4.94. The van der Waals surface area contributed by atoms with Crippen molar-refractivity contribution in [2.75, 3.05) is 6.61 Å². The predicted octanol–water partition coefficient (Wildman–Crippen LogP) is 0.850. The molecule has 0 aromatic heterocycles. The minimum absolute atomic E-state index is 0.126. The van der Waals surface area contributed by atoms with E-state index in [0.717, 1.165) is 0 Å². The fraction of sp³-hybridized carbons (Fsp3) is 0.700. The van der Waals surface area contributed by atoms with Crippen LogP contribution in [-0.4, -0.2) is 30.4 Å². The highest BCUT2D eigenvalue weighted by atomic mass is 16.6. The van der Waals surface area contributed by atoms with Crippen molar-refractivity contribution in [3.05, 3.63) is 0 Å². The van der Waals surface area contributed by atoms with Gasteiger partial charge in [0.05, 0.1) is 12.7 Å². The number of carbonyl (C=O) groups excluding carboxylic acids is 3. The molecule has 5 nitrogen and oxygen atoms in total. The number of hydrogen-bond donors (Lipinski definition) is 0. The fourth-order valence-corrected chi connectivity index (χ4v) is 0.663. The Kier molecular flexibility index (Phi) is 6.33. The van der Waals surface area contributed by atoms with Gasteiger partial charge in [-0.2, -0.15) is 0 Å². The zero-order valence-electron chi connectivity index (χ0n) is 9.24. The van der Waals surface area contributed by atoms with Gasteiger partial charge in [0.15, 0.2) is 0 Å². The van der Waals surface area contributed by atoms with Crippen LogP contribution in [0.15, 0.2) is 0 Å². The average molecular weight is 216 g/mol. The van der Waals surface area contributed by atoms with Crippen LogP contribution in [0.25, 0.3) is 0 Å². The summed E-state index contributed by atoms with van der Waals surface area (Å²) < 4.78 is 9.17.